The van der Waals surface area contributed by atoms with Gasteiger partial charge in [-0.2, -0.15) is 0 Å². The van der Waals surface area contributed by atoms with Gasteiger partial charge in [0.05, 0.1) is 0 Å². The summed E-state index contributed by atoms with van der Waals surface area (Å²) in [4.78, 5) is 0. The largest absolute Gasteiger partial charge is 0.0683 e. The summed E-state index contributed by atoms with van der Waals surface area (Å²) in [6.45, 7) is 6.22. The van der Waals surface area contributed by atoms with E-state index in [9.17, 15) is 0 Å². The molecule has 0 radical (unpaired) electrons. The number of hydrogen-bond acceptors (Lipinski definition) is 0. The Hall–Kier alpha value is -1.82. The topological polar surface area (TPSA) is 0 Å². The van der Waals surface area contributed by atoms with Crippen molar-refractivity contribution in [3.8, 4) is 0 Å². The van der Waals surface area contributed by atoms with Gasteiger partial charge in [-0.05, 0) is 33.5 Å². The van der Waals surface area contributed by atoms with Crippen LogP contribution in [-0.4, -0.2) is 0 Å². The second-order valence-electron chi connectivity index (χ2n) is 4.16. The van der Waals surface area contributed by atoms with E-state index in [0.717, 1.165) is 6.42 Å². The number of rotatable bonds is 1. The molecule has 18 heavy (non-hydrogen) atoms. The lowest BCUT2D eigenvalue weighted by Gasteiger charge is -2.08. The van der Waals surface area contributed by atoms with Gasteiger partial charge in [-0.3, -0.25) is 0 Å². The van der Waals surface area contributed by atoms with Crippen LogP contribution in [0.25, 0.3) is 21.5 Å². The second-order valence-corrected chi connectivity index (χ2v) is 4.16. The third kappa shape index (κ3) is 2.11. The molecule has 0 saturated carbocycles. The minimum absolute atomic E-state index is 1.09. The zero-order chi connectivity index (χ0) is 13.0. The van der Waals surface area contributed by atoms with Crippen LogP contribution in [0.5, 0.6) is 0 Å². The van der Waals surface area contributed by atoms with E-state index in [0.29, 0.717) is 0 Å². The molecule has 0 heteroatoms. The maximum atomic E-state index is 2.32. The van der Waals surface area contributed by atoms with Gasteiger partial charge in [0.1, 0.15) is 0 Å². The van der Waals surface area contributed by atoms with Crippen molar-refractivity contribution in [1.29, 1.82) is 0 Å². The molecule has 0 unspecified atom stereocenters. The first kappa shape index (κ1) is 12.6. The molecule has 0 amide bonds. The van der Waals surface area contributed by atoms with Gasteiger partial charge >= 0.3 is 0 Å². The predicted octanol–water partition coefficient (Wildman–Crippen LogP) is 5.58. The molecule has 0 nitrogen and oxygen atoms in total. The van der Waals surface area contributed by atoms with Crippen molar-refractivity contribution in [2.24, 2.45) is 0 Å². The summed E-state index contributed by atoms with van der Waals surface area (Å²) in [7, 11) is 0. The summed E-state index contributed by atoms with van der Waals surface area (Å²) in [6, 6.07) is 19.6. The molecule has 92 valence electrons. The monoisotopic (exact) mass is 236 g/mol. The number of benzene rings is 3. The number of hydrogen-bond donors (Lipinski definition) is 0. The van der Waals surface area contributed by atoms with Gasteiger partial charge in [0.2, 0.25) is 0 Å². The molecule has 0 aliphatic carbocycles. The normalized spacial score (nSPS) is 10.2. The minimum Gasteiger partial charge on any atom is -0.0683 e. The van der Waals surface area contributed by atoms with Crippen molar-refractivity contribution in [1.82, 2.24) is 0 Å². The fourth-order valence-electron chi connectivity index (χ4n) is 2.42. The van der Waals surface area contributed by atoms with Gasteiger partial charge in [-0.1, -0.05) is 75.4 Å². The van der Waals surface area contributed by atoms with Crippen LogP contribution in [0.15, 0.2) is 54.6 Å². The van der Waals surface area contributed by atoms with Crippen LogP contribution in [0.1, 0.15) is 26.3 Å². The first-order chi connectivity index (χ1) is 8.90. The molecule has 0 spiro atoms. The lowest BCUT2D eigenvalue weighted by molar-refractivity contribution is 1.16. The maximum absolute atomic E-state index is 2.32. The Morgan fingerprint density at radius 3 is 1.94 bits per heavy atom. The quantitative estimate of drug-likeness (QED) is 0.484. The summed E-state index contributed by atoms with van der Waals surface area (Å²) in [5.41, 5.74) is 1.44. The van der Waals surface area contributed by atoms with Gasteiger partial charge in [-0.15, -0.1) is 0 Å². The van der Waals surface area contributed by atoms with Crippen molar-refractivity contribution in [3.63, 3.8) is 0 Å². The summed E-state index contributed by atoms with van der Waals surface area (Å²) >= 11 is 0. The lowest BCUT2D eigenvalue weighted by Crippen LogP contribution is -1.85. The van der Waals surface area contributed by atoms with Crippen molar-refractivity contribution < 1.29 is 0 Å². The number of fused-ring (bicyclic) bond motifs is 3. The molecule has 3 aromatic rings. The maximum Gasteiger partial charge on any atom is -0.0103 e. The summed E-state index contributed by atoms with van der Waals surface area (Å²) in [6.07, 6.45) is 1.09. The van der Waals surface area contributed by atoms with Crippen LogP contribution in [0.2, 0.25) is 0 Å². The van der Waals surface area contributed by atoms with E-state index in [4.69, 9.17) is 0 Å². The van der Waals surface area contributed by atoms with Crippen LogP contribution in [0, 0.1) is 0 Å². The molecule has 0 aliphatic rings. The average molecular weight is 236 g/mol. The van der Waals surface area contributed by atoms with Crippen LogP contribution >= 0.6 is 0 Å². The molecule has 0 heterocycles. The van der Waals surface area contributed by atoms with E-state index in [1.807, 2.05) is 13.8 Å². The molecule has 3 aromatic carbocycles. The average Bonchev–Trinajstić information content (AvgIpc) is 2.48. The van der Waals surface area contributed by atoms with Crippen molar-refractivity contribution in [3.05, 3.63) is 60.2 Å². The summed E-state index contributed by atoms with van der Waals surface area (Å²) in [5.74, 6) is 0. The van der Waals surface area contributed by atoms with Crippen LogP contribution < -0.4 is 0 Å². The Morgan fingerprint density at radius 1 is 0.722 bits per heavy atom. The van der Waals surface area contributed by atoms with Crippen LogP contribution in [0.3, 0.4) is 0 Å². The predicted molar refractivity (Wildman–Crippen MR) is 82.2 cm³/mol. The van der Waals surface area contributed by atoms with Crippen molar-refractivity contribution in [2.45, 2.75) is 27.2 Å². The van der Waals surface area contributed by atoms with E-state index in [-0.39, 0.29) is 0 Å². The van der Waals surface area contributed by atoms with Crippen LogP contribution in [-0.2, 0) is 6.42 Å². The fourth-order valence-corrected chi connectivity index (χ4v) is 2.42. The molecule has 3 rings (SSSR count). The fraction of sp³-hybridized carbons (Fsp3) is 0.222. The molecule has 0 atom stereocenters. The van der Waals surface area contributed by atoms with E-state index >= 15 is 0 Å². The van der Waals surface area contributed by atoms with Crippen molar-refractivity contribution in [2.75, 3.05) is 0 Å². The Bertz CT molecular complexity index is 650. The first-order valence-electron chi connectivity index (χ1n) is 6.79. The van der Waals surface area contributed by atoms with Gasteiger partial charge in [0, 0.05) is 0 Å². The third-order valence-electron chi connectivity index (χ3n) is 3.23. The molecule has 0 aromatic heterocycles. The molecule has 0 fully saturated rings. The minimum atomic E-state index is 1.09. The molecule has 0 bridgehead atoms. The van der Waals surface area contributed by atoms with E-state index in [1.165, 1.54) is 27.1 Å². The van der Waals surface area contributed by atoms with E-state index in [1.54, 1.807) is 0 Å². The lowest BCUT2D eigenvalue weighted by atomic mass is 9.96. The Labute approximate surface area is 109 Å². The summed E-state index contributed by atoms with van der Waals surface area (Å²) < 4.78 is 0. The summed E-state index contributed by atoms with van der Waals surface area (Å²) in [5, 5.41) is 5.47. The van der Waals surface area contributed by atoms with E-state index in [2.05, 4.69) is 61.5 Å². The molecule has 0 aliphatic heterocycles. The highest BCUT2D eigenvalue weighted by Crippen LogP contribution is 2.28. The van der Waals surface area contributed by atoms with Gasteiger partial charge in [0.25, 0.3) is 0 Å². The zero-order valence-corrected chi connectivity index (χ0v) is 11.4. The Morgan fingerprint density at radius 2 is 1.28 bits per heavy atom. The second kappa shape index (κ2) is 5.68. The van der Waals surface area contributed by atoms with Gasteiger partial charge in [-0.25, -0.2) is 0 Å². The Kier molecular flexibility index (Phi) is 3.99. The smallest absolute Gasteiger partial charge is 0.0103 e. The highest BCUT2D eigenvalue weighted by molar-refractivity contribution is 6.08. The SMILES string of the molecule is CC.CCc1cc2ccccc2c2ccccc12. The number of aryl methyl sites for hydroxylation is 1. The van der Waals surface area contributed by atoms with Gasteiger partial charge in [0.15, 0.2) is 0 Å². The van der Waals surface area contributed by atoms with E-state index < -0.39 is 0 Å². The molecule has 0 N–H and O–H groups in total. The standard InChI is InChI=1S/C16H14.C2H6/c1-2-12-11-13-7-3-4-9-15(13)16-10-6-5-8-14(12)16;1-2/h3-11H,2H2,1H3;1-2H3. The van der Waals surface area contributed by atoms with Gasteiger partial charge < -0.3 is 0 Å². The van der Waals surface area contributed by atoms with Crippen LogP contribution in [0.4, 0.5) is 0 Å². The third-order valence-corrected chi connectivity index (χ3v) is 3.23. The zero-order valence-electron chi connectivity index (χ0n) is 11.4. The highest BCUT2D eigenvalue weighted by Gasteiger charge is 2.03. The first-order valence-corrected chi connectivity index (χ1v) is 6.79. The Balaban J connectivity index is 0.000000574. The highest BCUT2D eigenvalue weighted by atomic mass is 14.1. The molecular weight excluding hydrogens is 216 g/mol. The van der Waals surface area contributed by atoms with Crippen molar-refractivity contribution >= 4 is 21.5 Å². The molecular formula is C18H20. The molecule has 0 saturated heterocycles.